The number of hydrogen-bond acceptors (Lipinski definition) is 7. The van der Waals surface area contributed by atoms with Gasteiger partial charge in [-0.05, 0) is 71.2 Å². The molecule has 0 aliphatic carbocycles. The SMILES string of the molecule is Cc1nnnn1-c1cc(NC(=O)COc2ccc(C3SCCCS3)cc2)ccc1F. The number of tetrazole rings is 1. The van der Waals surface area contributed by atoms with E-state index in [-0.39, 0.29) is 18.2 Å². The zero-order chi connectivity index (χ0) is 20.9. The van der Waals surface area contributed by atoms with Gasteiger partial charge in [0, 0.05) is 5.69 Å². The molecular weight excluding hydrogens is 425 g/mol. The van der Waals surface area contributed by atoms with Crippen LogP contribution in [-0.4, -0.2) is 44.2 Å². The van der Waals surface area contributed by atoms with Gasteiger partial charge in [0.05, 0.1) is 4.58 Å². The highest BCUT2D eigenvalue weighted by Gasteiger charge is 2.16. The summed E-state index contributed by atoms with van der Waals surface area (Å²) in [6, 6.07) is 12.1. The number of carbonyl (C=O) groups is 1. The fraction of sp³-hybridized carbons (Fsp3) is 0.300. The molecule has 0 unspecified atom stereocenters. The van der Waals surface area contributed by atoms with E-state index < -0.39 is 5.82 Å². The molecule has 10 heteroatoms. The van der Waals surface area contributed by atoms with Crippen LogP contribution in [0.25, 0.3) is 5.69 Å². The maximum Gasteiger partial charge on any atom is 0.262 e. The summed E-state index contributed by atoms with van der Waals surface area (Å²) in [6.07, 6.45) is 1.26. The minimum Gasteiger partial charge on any atom is -0.484 e. The van der Waals surface area contributed by atoms with Gasteiger partial charge in [-0.3, -0.25) is 4.79 Å². The normalized spacial score (nSPS) is 14.5. The van der Waals surface area contributed by atoms with Crippen LogP contribution in [0.5, 0.6) is 5.75 Å². The van der Waals surface area contributed by atoms with Crippen LogP contribution in [0, 0.1) is 12.7 Å². The minimum absolute atomic E-state index is 0.150. The smallest absolute Gasteiger partial charge is 0.262 e. The van der Waals surface area contributed by atoms with Gasteiger partial charge in [-0.2, -0.15) is 4.68 Å². The van der Waals surface area contributed by atoms with Crippen molar-refractivity contribution >= 4 is 35.1 Å². The summed E-state index contributed by atoms with van der Waals surface area (Å²) in [4.78, 5) is 12.3. The number of nitrogens with zero attached hydrogens (tertiary/aromatic N) is 4. The van der Waals surface area contributed by atoms with E-state index in [9.17, 15) is 9.18 Å². The molecule has 1 N–H and O–H groups in total. The quantitative estimate of drug-likeness (QED) is 0.614. The number of thioether (sulfide) groups is 2. The first-order valence-corrected chi connectivity index (χ1v) is 11.5. The van der Waals surface area contributed by atoms with E-state index in [1.807, 2.05) is 47.8 Å². The van der Waals surface area contributed by atoms with Gasteiger partial charge < -0.3 is 10.1 Å². The van der Waals surface area contributed by atoms with Gasteiger partial charge in [0.1, 0.15) is 17.3 Å². The molecule has 0 atom stereocenters. The molecule has 1 aliphatic rings. The summed E-state index contributed by atoms with van der Waals surface area (Å²) in [5.74, 6) is 2.61. The Balaban J connectivity index is 1.34. The first-order chi connectivity index (χ1) is 14.6. The molecular formula is C20H20FN5O2S2. The number of anilines is 1. The average molecular weight is 446 g/mol. The van der Waals surface area contributed by atoms with Crippen LogP contribution in [0.2, 0.25) is 0 Å². The topological polar surface area (TPSA) is 81.9 Å². The Morgan fingerprint density at radius 1 is 1.23 bits per heavy atom. The predicted octanol–water partition coefficient (Wildman–Crippen LogP) is 4.00. The molecule has 1 aliphatic heterocycles. The van der Waals surface area contributed by atoms with Crippen molar-refractivity contribution in [3.63, 3.8) is 0 Å². The van der Waals surface area contributed by atoms with Crippen molar-refractivity contribution in [2.75, 3.05) is 23.4 Å². The molecule has 1 saturated heterocycles. The second-order valence-corrected chi connectivity index (χ2v) is 9.36. The molecule has 2 heterocycles. The van der Waals surface area contributed by atoms with E-state index in [1.54, 1.807) is 6.92 Å². The van der Waals surface area contributed by atoms with Gasteiger partial charge in [0.2, 0.25) is 0 Å². The summed E-state index contributed by atoms with van der Waals surface area (Å²) in [5, 5.41) is 13.7. The van der Waals surface area contributed by atoms with Gasteiger partial charge >= 0.3 is 0 Å². The molecule has 1 fully saturated rings. The summed E-state index contributed by atoms with van der Waals surface area (Å²) >= 11 is 3.92. The number of rotatable bonds is 6. The van der Waals surface area contributed by atoms with Gasteiger partial charge in [0.15, 0.2) is 12.4 Å². The third-order valence-corrected chi connectivity index (χ3v) is 7.45. The van der Waals surface area contributed by atoms with E-state index in [1.165, 1.54) is 46.4 Å². The number of aryl methyl sites for hydroxylation is 1. The van der Waals surface area contributed by atoms with Crippen LogP contribution < -0.4 is 10.1 Å². The van der Waals surface area contributed by atoms with Crippen LogP contribution in [0.1, 0.15) is 22.4 Å². The van der Waals surface area contributed by atoms with Crippen molar-refractivity contribution in [3.05, 3.63) is 59.7 Å². The lowest BCUT2D eigenvalue weighted by molar-refractivity contribution is -0.118. The van der Waals surface area contributed by atoms with E-state index in [2.05, 4.69) is 20.8 Å². The number of halogens is 1. The van der Waals surface area contributed by atoms with Crippen molar-refractivity contribution in [1.29, 1.82) is 0 Å². The highest BCUT2D eigenvalue weighted by Crippen LogP contribution is 2.43. The van der Waals surface area contributed by atoms with Crippen molar-refractivity contribution < 1.29 is 13.9 Å². The second kappa shape index (κ2) is 9.48. The van der Waals surface area contributed by atoms with Gasteiger partial charge in [-0.25, -0.2) is 4.39 Å². The number of aromatic nitrogens is 4. The molecule has 156 valence electrons. The van der Waals surface area contributed by atoms with Crippen LogP contribution in [0.3, 0.4) is 0 Å². The first-order valence-electron chi connectivity index (χ1n) is 9.41. The van der Waals surface area contributed by atoms with Crippen LogP contribution >= 0.6 is 23.5 Å². The van der Waals surface area contributed by atoms with Crippen LogP contribution in [0.15, 0.2) is 42.5 Å². The zero-order valence-corrected chi connectivity index (χ0v) is 17.9. The Kier molecular flexibility index (Phi) is 6.53. The number of hydrogen-bond donors (Lipinski definition) is 1. The third-order valence-electron chi connectivity index (χ3n) is 4.43. The lowest BCUT2D eigenvalue weighted by Gasteiger charge is -2.21. The highest BCUT2D eigenvalue weighted by molar-refractivity contribution is 8.16. The maximum absolute atomic E-state index is 14.1. The Morgan fingerprint density at radius 2 is 2.00 bits per heavy atom. The summed E-state index contributed by atoms with van der Waals surface area (Å²) < 4.78 is 21.5. The molecule has 0 radical (unpaired) electrons. The second-order valence-electron chi connectivity index (χ2n) is 6.64. The van der Waals surface area contributed by atoms with Crippen molar-refractivity contribution in [1.82, 2.24) is 20.2 Å². The molecule has 0 saturated carbocycles. The van der Waals surface area contributed by atoms with Gasteiger partial charge in [0.25, 0.3) is 5.91 Å². The number of carbonyl (C=O) groups excluding carboxylic acids is 1. The number of ether oxygens (including phenoxy) is 1. The molecule has 3 aromatic rings. The van der Waals surface area contributed by atoms with E-state index in [4.69, 9.17) is 4.74 Å². The lowest BCUT2D eigenvalue weighted by Crippen LogP contribution is -2.20. The highest BCUT2D eigenvalue weighted by atomic mass is 32.2. The Bertz CT molecular complexity index is 1020. The van der Waals surface area contributed by atoms with Crippen molar-refractivity contribution in [2.24, 2.45) is 0 Å². The molecule has 4 rings (SSSR count). The zero-order valence-electron chi connectivity index (χ0n) is 16.2. The molecule has 2 aromatic carbocycles. The van der Waals surface area contributed by atoms with Crippen LogP contribution in [0.4, 0.5) is 10.1 Å². The summed E-state index contributed by atoms with van der Waals surface area (Å²) in [7, 11) is 0. The number of nitrogens with one attached hydrogen (secondary N) is 1. The van der Waals surface area contributed by atoms with Gasteiger partial charge in [-0.15, -0.1) is 28.6 Å². The molecule has 0 spiro atoms. The fourth-order valence-corrected chi connectivity index (χ4v) is 5.85. The average Bonchev–Trinajstić information content (AvgIpc) is 3.20. The predicted molar refractivity (Wildman–Crippen MR) is 117 cm³/mol. The summed E-state index contributed by atoms with van der Waals surface area (Å²) in [6.45, 7) is 1.51. The maximum atomic E-state index is 14.1. The van der Waals surface area contributed by atoms with E-state index >= 15 is 0 Å². The number of amides is 1. The summed E-state index contributed by atoms with van der Waals surface area (Å²) in [5.41, 5.74) is 1.85. The standard InChI is InChI=1S/C20H20FN5O2S2/c1-13-23-24-25-26(13)18-11-15(5-8-17(18)21)22-19(27)12-28-16-6-3-14(4-7-16)20-29-9-2-10-30-20/h3-8,11,20H,2,9-10,12H2,1H3,(H,22,27). The molecule has 30 heavy (non-hydrogen) atoms. The van der Waals surface area contributed by atoms with Crippen molar-refractivity contribution in [2.45, 2.75) is 17.9 Å². The molecule has 0 bridgehead atoms. The first kappa shape index (κ1) is 20.7. The Hall–Kier alpha value is -2.59. The minimum atomic E-state index is -0.492. The third kappa shape index (κ3) is 4.93. The fourth-order valence-electron chi connectivity index (χ4n) is 2.95. The lowest BCUT2D eigenvalue weighted by atomic mass is 10.2. The van der Waals surface area contributed by atoms with Gasteiger partial charge in [-0.1, -0.05) is 12.1 Å². The van der Waals surface area contributed by atoms with Crippen LogP contribution in [-0.2, 0) is 4.79 Å². The Morgan fingerprint density at radius 3 is 2.70 bits per heavy atom. The molecule has 1 aromatic heterocycles. The van der Waals surface area contributed by atoms with Crippen molar-refractivity contribution in [3.8, 4) is 11.4 Å². The van der Waals surface area contributed by atoms with E-state index in [0.29, 0.717) is 21.8 Å². The monoisotopic (exact) mass is 445 g/mol. The number of benzene rings is 2. The Labute approximate surface area is 181 Å². The molecule has 1 amide bonds. The molecule has 7 nitrogen and oxygen atoms in total. The largest absolute Gasteiger partial charge is 0.484 e. The van der Waals surface area contributed by atoms with E-state index in [0.717, 1.165) is 0 Å².